The Hall–Kier alpha value is -2.35. The number of hydrogen-bond donors (Lipinski definition) is 1. The number of thioether (sulfide) groups is 1. The van der Waals surface area contributed by atoms with Crippen LogP contribution in [0, 0.1) is 0 Å². The first-order valence-corrected chi connectivity index (χ1v) is 9.42. The molecule has 132 valence electrons. The van der Waals surface area contributed by atoms with Gasteiger partial charge >= 0.3 is 0 Å². The molecule has 0 aliphatic heterocycles. The highest BCUT2D eigenvalue weighted by Crippen LogP contribution is 2.21. The Morgan fingerprint density at radius 2 is 2.00 bits per heavy atom. The summed E-state index contributed by atoms with van der Waals surface area (Å²) < 4.78 is 3.51. The van der Waals surface area contributed by atoms with E-state index in [1.807, 2.05) is 42.5 Å². The Morgan fingerprint density at radius 1 is 1.20 bits per heavy atom. The fraction of sp³-hybridized carbons (Fsp3) is 0.412. The molecule has 0 aliphatic carbocycles. The second-order valence-electron chi connectivity index (χ2n) is 5.73. The van der Waals surface area contributed by atoms with Gasteiger partial charge in [-0.15, -0.1) is 10.2 Å². The molecule has 1 amide bonds. The lowest BCUT2D eigenvalue weighted by Gasteiger charge is -2.10. The number of aryl methyl sites for hydroxylation is 1. The molecule has 0 spiro atoms. The normalized spacial score (nSPS) is 11.3. The zero-order chi connectivity index (χ0) is 17.8. The third-order valence-electron chi connectivity index (χ3n) is 3.83. The van der Waals surface area contributed by atoms with Crippen molar-refractivity contribution in [3.8, 4) is 0 Å². The summed E-state index contributed by atoms with van der Waals surface area (Å²) in [6.45, 7) is 5.27. The van der Waals surface area contributed by atoms with Gasteiger partial charge in [-0.25, -0.2) is 0 Å². The minimum absolute atomic E-state index is 0.0326. The lowest BCUT2D eigenvalue weighted by Crippen LogP contribution is -2.26. The summed E-state index contributed by atoms with van der Waals surface area (Å²) in [5.41, 5.74) is 0.700. The maximum Gasteiger partial charge on any atom is 0.262 e. The Bertz CT molecular complexity index is 963. The third-order valence-corrected chi connectivity index (χ3v) is 4.76. The Kier molecular flexibility index (Phi) is 5.37. The maximum absolute atomic E-state index is 12.7. The van der Waals surface area contributed by atoms with Crippen molar-refractivity contribution in [1.29, 1.82) is 0 Å². The van der Waals surface area contributed by atoms with Gasteiger partial charge < -0.3 is 5.32 Å². The van der Waals surface area contributed by atoms with Gasteiger partial charge in [0.1, 0.15) is 0 Å². The number of hydrogen-bond acceptors (Lipinski definition) is 5. The molecule has 8 heteroatoms. The molecule has 3 aromatic rings. The van der Waals surface area contributed by atoms with Gasteiger partial charge in [-0.3, -0.25) is 18.6 Å². The molecule has 0 saturated carbocycles. The third kappa shape index (κ3) is 3.39. The molecule has 0 saturated heterocycles. The number of para-hydroxylation sites is 1. The Morgan fingerprint density at radius 3 is 2.76 bits per heavy atom. The van der Waals surface area contributed by atoms with Crippen molar-refractivity contribution in [2.45, 2.75) is 38.4 Å². The standard InChI is InChI=1S/C17H21N5O2S/c1-3-9-18-14(23)11-25-17-20-19-16-21(10-4-2)15(24)12-7-5-6-8-13(12)22(16)17/h5-8H,3-4,9-11H2,1-2H3,(H,18,23). The van der Waals surface area contributed by atoms with Crippen molar-refractivity contribution in [1.82, 2.24) is 24.5 Å². The lowest BCUT2D eigenvalue weighted by atomic mass is 10.2. The topological polar surface area (TPSA) is 81.3 Å². The first-order valence-electron chi connectivity index (χ1n) is 8.43. The van der Waals surface area contributed by atoms with E-state index in [-0.39, 0.29) is 17.2 Å². The molecule has 1 aromatic carbocycles. The number of benzene rings is 1. The zero-order valence-corrected chi connectivity index (χ0v) is 15.2. The van der Waals surface area contributed by atoms with Crippen LogP contribution in [0.5, 0.6) is 0 Å². The van der Waals surface area contributed by atoms with E-state index < -0.39 is 0 Å². The summed E-state index contributed by atoms with van der Waals surface area (Å²) in [5, 5.41) is 12.5. The molecule has 0 atom stereocenters. The molecule has 0 fully saturated rings. The molecule has 25 heavy (non-hydrogen) atoms. The number of rotatable bonds is 7. The summed E-state index contributed by atoms with van der Waals surface area (Å²) >= 11 is 1.32. The fourth-order valence-electron chi connectivity index (χ4n) is 2.70. The van der Waals surface area contributed by atoms with E-state index in [0.717, 1.165) is 18.4 Å². The van der Waals surface area contributed by atoms with Gasteiger partial charge in [0.05, 0.1) is 16.7 Å². The fourth-order valence-corrected chi connectivity index (χ4v) is 3.47. The van der Waals surface area contributed by atoms with Gasteiger partial charge in [-0.2, -0.15) is 0 Å². The van der Waals surface area contributed by atoms with Crippen molar-refractivity contribution < 1.29 is 4.79 Å². The predicted octanol–water partition coefficient (Wildman–Crippen LogP) is 2.07. The number of nitrogens with one attached hydrogen (secondary N) is 1. The molecule has 0 radical (unpaired) electrons. The molecule has 1 N–H and O–H groups in total. The molecule has 0 aliphatic rings. The minimum atomic E-state index is -0.0606. The summed E-state index contributed by atoms with van der Waals surface area (Å²) in [7, 11) is 0. The maximum atomic E-state index is 12.7. The first-order chi connectivity index (χ1) is 12.2. The summed E-state index contributed by atoms with van der Waals surface area (Å²) in [4.78, 5) is 24.6. The molecule has 2 heterocycles. The molecular weight excluding hydrogens is 338 g/mol. The predicted molar refractivity (Wildman–Crippen MR) is 99.1 cm³/mol. The first kappa shape index (κ1) is 17.5. The van der Waals surface area contributed by atoms with Crippen LogP contribution >= 0.6 is 11.8 Å². The van der Waals surface area contributed by atoms with E-state index >= 15 is 0 Å². The van der Waals surface area contributed by atoms with Crippen LogP contribution in [0.15, 0.2) is 34.2 Å². The monoisotopic (exact) mass is 359 g/mol. The van der Waals surface area contributed by atoms with Gasteiger partial charge in [-0.05, 0) is 25.0 Å². The van der Waals surface area contributed by atoms with Crippen molar-refractivity contribution in [2.24, 2.45) is 0 Å². The Balaban J connectivity index is 2.06. The molecule has 2 aromatic heterocycles. The molecule has 7 nitrogen and oxygen atoms in total. The van der Waals surface area contributed by atoms with Crippen molar-refractivity contribution in [2.75, 3.05) is 12.3 Å². The Labute approximate surface area is 149 Å². The second kappa shape index (κ2) is 7.69. The van der Waals surface area contributed by atoms with Crippen LogP contribution in [-0.4, -0.2) is 37.4 Å². The number of carbonyl (C=O) groups is 1. The van der Waals surface area contributed by atoms with Gasteiger partial charge in [0.15, 0.2) is 5.16 Å². The smallest absolute Gasteiger partial charge is 0.262 e. The van der Waals surface area contributed by atoms with E-state index in [1.165, 1.54) is 11.8 Å². The van der Waals surface area contributed by atoms with Gasteiger partial charge in [0.2, 0.25) is 11.7 Å². The molecule has 0 bridgehead atoms. The van der Waals surface area contributed by atoms with Crippen molar-refractivity contribution >= 4 is 34.3 Å². The molecular formula is C17H21N5O2S. The van der Waals surface area contributed by atoms with Crippen molar-refractivity contribution in [3.05, 3.63) is 34.6 Å². The van der Waals surface area contributed by atoms with Gasteiger partial charge in [-0.1, -0.05) is 37.7 Å². The van der Waals surface area contributed by atoms with Crippen LogP contribution in [0.1, 0.15) is 26.7 Å². The molecule has 3 rings (SSSR count). The number of carbonyl (C=O) groups excluding carboxylic acids is 1. The van der Waals surface area contributed by atoms with Crippen molar-refractivity contribution in [3.63, 3.8) is 0 Å². The van der Waals surface area contributed by atoms with Gasteiger partial charge in [0, 0.05) is 13.1 Å². The summed E-state index contributed by atoms with van der Waals surface area (Å²) in [6, 6.07) is 7.42. The number of fused-ring (bicyclic) bond motifs is 3. The van der Waals surface area contributed by atoms with E-state index in [9.17, 15) is 9.59 Å². The largest absolute Gasteiger partial charge is 0.355 e. The summed E-state index contributed by atoms with van der Waals surface area (Å²) in [5.74, 6) is 0.749. The molecule has 0 unspecified atom stereocenters. The van der Waals surface area contributed by atoms with E-state index in [0.29, 0.717) is 29.4 Å². The van der Waals surface area contributed by atoms with Gasteiger partial charge in [0.25, 0.3) is 5.56 Å². The summed E-state index contributed by atoms with van der Waals surface area (Å²) in [6.07, 6.45) is 1.72. The van der Waals surface area contributed by atoms with E-state index in [1.54, 1.807) is 4.57 Å². The van der Waals surface area contributed by atoms with Crippen LogP contribution in [0.25, 0.3) is 16.7 Å². The van der Waals surface area contributed by atoms with Crippen LogP contribution in [0.2, 0.25) is 0 Å². The second-order valence-corrected chi connectivity index (χ2v) is 6.67. The number of amides is 1. The highest BCUT2D eigenvalue weighted by atomic mass is 32.2. The highest BCUT2D eigenvalue weighted by molar-refractivity contribution is 7.99. The number of aromatic nitrogens is 4. The lowest BCUT2D eigenvalue weighted by molar-refractivity contribution is -0.118. The van der Waals surface area contributed by atoms with Crippen LogP contribution in [0.3, 0.4) is 0 Å². The van der Waals surface area contributed by atoms with Crippen LogP contribution in [0.4, 0.5) is 0 Å². The highest BCUT2D eigenvalue weighted by Gasteiger charge is 2.17. The van der Waals surface area contributed by atoms with Crippen LogP contribution < -0.4 is 10.9 Å². The zero-order valence-electron chi connectivity index (χ0n) is 14.4. The average Bonchev–Trinajstić information content (AvgIpc) is 3.05. The SMILES string of the molecule is CCCNC(=O)CSc1nnc2n(CCC)c(=O)c3ccccc3n12. The van der Waals surface area contributed by atoms with E-state index in [2.05, 4.69) is 15.5 Å². The van der Waals surface area contributed by atoms with Crippen LogP contribution in [-0.2, 0) is 11.3 Å². The minimum Gasteiger partial charge on any atom is -0.355 e. The number of nitrogens with zero attached hydrogens (tertiary/aromatic N) is 4. The quantitative estimate of drug-likeness (QED) is 0.653. The van der Waals surface area contributed by atoms with E-state index in [4.69, 9.17) is 0 Å². The average molecular weight is 359 g/mol.